The summed E-state index contributed by atoms with van der Waals surface area (Å²) >= 11 is 0. The highest BCUT2D eigenvalue weighted by molar-refractivity contribution is 5.88. The highest BCUT2D eigenvalue weighted by Crippen LogP contribution is 2.46. The van der Waals surface area contributed by atoms with E-state index in [0.29, 0.717) is 34.2 Å². The van der Waals surface area contributed by atoms with E-state index in [4.69, 9.17) is 23.7 Å². The molecule has 3 rings (SSSR count). The lowest BCUT2D eigenvalue weighted by Crippen LogP contribution is -2.61. The van der Waals surface area contributed by atoms with Gasteiger partial charge in [0.1, 0.15) is 18.8 Å². The summed E-state index contributed by atoms with van der Waals surface area (Å²) in [6, 6.07) is 14.3. The summed E-state index contributed by atoms with van der Waals surface area (Å²) in [5.41, 5.74) is -13.8. The first-order valence-electron chi connectivity index (χ1n) is 22.0. The van der Waals surface area contributed by atoms with E-state index in [-0.39, 0.29) is 6.42 Å². The van der Waals surface area contributed by atoms with Crippen molar-refractivity contribution in [1.29, 1.82) is 0 Å². The van der Waals surface area contributed by atoms with Gasteiger partial charge in [-0.3, -0.25) is 4.79 Å². The molecule has 0 saturated heterocycles. The quantitative estimate of drug-likeness (QED) is 0.0435. The SMILES string of the molecule is CCCCCCCCCCCCCCC[C@@H](OC(=O)[C@](OC)(c1ccccc1)C(F)(F)F)[C@H](COC(=O)[C@](OC)(c1ccccc1)C(F)(F)F)NC(=O)[C@](OC)(c1ccccc1)C(F)(F)F. The van der Waals surface area contributed by atoms with Crippen molar-refractivity contribution in [1.82, 2.24) is 5.32 Å². The minimum Gasteiger partial charge on any atom is -0.461 e. The zero-order valence-corrected chi connectivity index (χ0v) is 37.6. The Morgan fingerprint density at radius 2 is 0.818 bits per heavy atom. The van der Waals surface area contributed by atoms with Crippen molar-refractivity contribution in [3.63, 3.8) is 0 Å². The van der Waals surface area contributed by atoms with Crippen molar-refractivity contribution >= 4 is 17.8 Å². The number of carbonyl (C=O) groups is 3. The normalized spacial score (nSPS) is 16.0. The second-order valence-electron chi connectivity index (χ2n) is 15.9. The van der Waals surface area contributed by atoms with Gasteiger partial charge in [0, 0.05) is 38.0 Å². The molecule has 0 saturated carbocycles. The minimum atomic E-state index is -5.56. The van der Waals surface area contributed by atoms with Gasteiger partial charge in [0.15, 0.2) is 0 Å². The molecule has 0 bridgehead atoms. The van der Waals surface area contributed by atoms with Crippen molar-refractivity contribution in [2.45, 2.75) is 144 Å². The second kappa shape index (κ2) is 25.5. The number of nitrogens with one attached hydrogen (secondary N) is 1. The number of halogens is 9. The molecule has 0 unspecified atom stereocenters. The number of hydrogen-bond donors (Lipinski definition) is 1. The molecular weight excluding hydrogens is 890 g/mol. The molecule has 0 aliphatic rings. The lowest BCUT2D eigenvalue weighted by Gasteiger charge is -2.38. The van der Waals surface area contributed by atoms with Gasteiger partial charge in [-0.1, -0.05) is 175 Å². The lowest BCUT2D eigenvalue weighted by atomic mass is 9.90. The molecule has 3 aromatic carbocycles. The second-order valence-corrected chi connectivity index (χ2v) is 15.9. The van der Waals surface area contributed by atoms with Gasteiger partial charge in [0.05, 0.1) is 0 Å². The van der Waals surface area contributed by atoms with Gasteiger partial charge in [0.25, 0.3) is 22.7 Å². The average Bonchev–Trinajstić information content (AvgIpc) is 3.27. The Kier molecular flexibility index (Phi) is 21.5. The molecule has 18 heteroatoms. The van der Waals surface area contributed by atoms with Crippen molar-refractivity contribution in [3.8, 4) is 0 Å². The molecule has 0 aromatic heterocycles. The highest BCUT2D eigenvalue weighted by atomic mass is 19.4. The maximum absolute atomic E-state index is 15.2. The van der Waals surface area contributed by atoms with Crippen LogP contribution in [0.5, 0.6) is 0 Å². The smallest absolute Gasteiger partial charge is 0.432 e. The maximum Gasteiger partial charge on any atom is 0.432 e. The van der Waals surface area contributed by atoms with Crippen LogP contribution in [0.25, 0.3) is 0 Å². The van der Waals surface area contributed by atoms with E-state index < -0.39 is 95.0 Å². The van der Waals surface area contributed by atoms with E-state index >= 15 is 26.3 Å². The van der Waals surface area contributed by atoms with Crippen molar-refractivity contribution < 1.29 is 77.6 Å². The predicted molar refractivity (Wildman–Crippen MR) is 227 cm³/mol. The van der Waals surface area contributed by atoms with Crippen LogP contribution in [0.1, 0.15) is 114 Å². The number of ether oxygens (including phenoxy) is 5. The molecule has 1 amide bonds. The van der Waals surface area contributed by atoms with Gasteiger partial charge in [-0.2, -0.15) is 39.5 Å². The van der Waals surface area contributed by atoms with Gasteiger partial charge in [0.2, 0.25) is 0 Å². The van der Waals surface area contributed by atoms with Crippen LogP contribution < -0.4 is 5.32 Å². The summed E-state index contributed by atoms with van der Waals surface area (Å²) in [6.45, 7) is 0.668. The number of benzene rings is 3. The number of carbonyl (C=O) groups excluding carboxylic acids is 3. The van der Waals surface area contributed by atoms with E-state index in [0.717, 1.165) is 112 Å². The molecule has 0 heterocycles. The van der Waals surface area contributed by atoms with Gasteiger partial charge < -0.3 is 29.0 Å². The van der Waals surface area contributed by atoms with Crippen LogP contribution in [0.15, 0.2) is 91.0 Å². The van der Waals surface area contributed by atoms with Crippen LogP contribution in [0, 0.1) is 0 Å². The molecule has 0 spiro atoms. The van der Waals surface area contributed by atoms with Gasteiger partial charge in [-0.15, -0.1) is 0 Å². The number of amides is 1. The van der Waals surface area contributed by atoms with E-state index in [1.54, 1.807) is 0 Å². The van der Waals surface area contributed by atoms with Gasteiger partial charge >= 0.3 is 30.5 Å². The topological polar surface area (TPSA) is 109 Å². The van der Waals surface area contributed by atoms with Crippen LogP contribution >= 0.6 is 0 Å². The minimum absolute atomic E-state index is 0.0228. The zero-order chi connectivity index (χ0) is 49.1. The Morgan fingerprint density at radius 3 is 1.17 bits per heavy atom. The fourth-order valence-electron chi connectivity index (χ4n) is 7.90. The molecule has 1 N–H and O–H groups in total. The summed E-state index contributed by atoms with van der Waals surface area (Å²) in [7, 11) is 1.69. The molecule has 9 nitrogen and oxygen atoms in total. The largest absolute Gasteiger partial charge is 0.461 e. The monoisotopic (exact) mass is 949 g/mol. The van der Waals surface area contributed by atoms with Crippen molar-refractivity contribution in [3.05, 3.63) is 108 Å². The number of unbranched alkanes of at least 4 members (excludes halogenated alkanes) is 12. The first-order valence-corrected chi connectivity index (χ1v) is 22.0. The summed E-state index contributed by atoms with van der Waals surface area (Å²) < 4.78 is 161. The number of hydrogen-bond acceptors (Lipinski definition) is 8. The van der Waals surface area contributed by atoms with Crippen LogP contribution in [0.3, 0.4) is 0 Å². The summed E-state index contributed by atoms with van der Waals surface area (Å²) in [6.07, 6.45) is -7.78. The number of esters is 2. The third-order valence-corrected chi connectivity index (χ3v) is 11.6. The number of methoxy groups -OCH3 is 3. The molecule has 5 atom stereocenters. The fraction of sp³-hybridized carbons (Fsp3) is 0.562. The molecule has 0 aliphatic heterocycles. The Hall–Kier alpha value is -4.68. The van der Waals surface area contributed by atoms with E-state index in [1.165, 1.54) is 43.2 Å². The van der Waals surface area contributed by atoms with Crippen LogP contribution in [-0.2, 0) is 54.9 Å². The van der Waals surface area contributed by atoms with Crippen LogP contribution in [-0.4, -0.2) is 76.5 Å². The Labute approximate surface area is 380 Å². The molecule has 0 fully saturated rings. The average molecular weight is 950 g/mol. The maximum atomic E-state index is 15.2. The predicted octanol–water partition coefficient (Wildman–Crippen LogP) is 11.7. The first kappa shape index (κ1) is 55.6. The number of alkyl halides is 9. The fourth-order valence-corrected chi connectivity index (χ4v) is 7.90. The standard InChI is InChI=1S/C48H60F9NO8/c1-5-6-7-8-9-10-11-12-13-14-15-16-26-33-39(66-42(61)45(64-4,48(55,56)57)37-31-24-19-25-32-37)38(58-40(59)43(62-2,46(49,50)51)35-27-20-17-21-28-35)34-65-41(60)44(63-3,47(52,53)54)36-29-22-18-23-30-36/h17-25,27-32,38-39H,5-16,26,33-34H2,1-4H3,(H,58,59)/t38-,39+,43+,44+,45+/m0/s1. The van der Waals surface area contributed by atoms with Gasteiger partial charge in [-0.25, -0.2) is 9.59 Å². The third kappa shape index (κ3) is 13.3. The Balaban J connectivity index is 2.11. The molecular formula is C48H60F9NO8. The van der Waals surface area contributed by atoms with Gasteiger partial charge in [-0.05, 0) is 12.8 Å². The molecule has 66 heavy (non-hydrogen) atoms. The van der Waals surface area contributed by atoms with Crippen LogP contribution in [0.2, 0.25) is 0 Å². The first-order chi connectivity index (χ1) is 31.2. The zero-order valence-electron chi connectivity index (χ0n) is 37.6. The third-order valence-electron chi connectivity index (χ3n) is 11.6. The van der Waals surface area contributed by atoms with Crippen molar-refractivity contribution in [2.24, 2.45) is 0 Å². The summed E-state index contributed by atoms with van der Waals surface area (Å²) in [5.74, 6) is -6.31. The molecule has 0 radical (unpaired) electrons. The lowest BCUT2D eigenvalue weighted by molar-refractivity contribution is -0.280. The Bertz CT molecular complexity index is 1900. The van der Waals surface area contributed by atoms with E-state index in [2.05, 4.69) is 6.92 Å². The molecule has 368 valence electrons. The van der Waals surface area contributed by atoms with Crippen LogP contribution in [0.4, 0.5) is 39.5 Å². The summed E-state index contributed by atoms with van der Waals surface area (Å²) in [5, 5.41) is 1.98. The molecule has 3 aromatic rings. The summed E-state index contributed by atoms with van der Waals surface area (Å²) in [4.78, 5) is 42.1. The van der Waals surface area contributed by atoms with E-state index in [1.807, 2.05) is 5.32 Å². The Morgan fingerprint density at radius 1 is 0.485 bits per heavy atom. The highest BCUT2D eigenvalue weighted by Gasteiger charge is 2.67. The van der Waals surface area contributed by atoms with E-state index in [9.17, 15) is 27.6 Å². The molecule has 0 aliphatic carbocycles. The number of rotatable bonds is 28. The van der Waals surface area contributed by atoms with Crippen molar-refractivity contribution in [2.75, 3.05) is 27.9 Å².